The first-order chi connectivity index (χ1) is 30.1. The normalized spacial score (nSPS) is 23.6. The fourth-order valence-corrected chi connectivity index (χ4v) is 9.96. The Hall–Kier alpha value is -5.68. The number of oxazole rings is 1. The molecular weight excluding hydrogens is 798 g/mol. The van der Waals surface area contributed by atoms with Crippen LogP contribution in [0.1, 0.15) is 88.2 Å². The average Bonchev–Trinajstić information content (AvgIpc) is 3.60. The van der Waals surface area contributed by atoms with E-state index < -0.39 is 29.6 Å². The summed E-state index contributed by atoms with van der Waals surface area (Å²) in [5.74, 6) is -0.560. The Morgan fingerprint density at radius 2 is 1.65 bits per heavy atom. The van der Waals surface area contributed by atoms with E-state index in [2.05, 4.69) is 35.7 Å². The highest BCUT2D eigenvalue weighted by atomic mass is 19.1. The quantitative estimate of drug-likeness (QED) is 0.173. The summed E-state index contributed by atoms with van der Waals surface area (Å²) in [7, 11) is 0. The van der Waals surface area contributed by atoms with E-state index in [0.717, 1.165) is 96.1 Å². The minimum atomic E-state index is -0.753. The van der Waals surface area contributed by atoms with Gasteiger partial charge in [-0.1, -0.05) is 18.2 Å². The summed E-state index contributed by atoms with van der Waals surface area (Å²) in [4.78, 5) is 77.3. The van der Waals surface area contributed by atoms with E-state index in [0.29, 0.717) is 59.8 Å². The van der Waals surface area contributed by atoms with Crippen LogP contribution >= 0.6 is 0 Å². The van der Waals surface area contributed by atoms with Crippen molar-refractivity contribution >= 4 is 46.6 Å². The van der Waals surface area contributed by atoms with Crippen LogP contribution in [-0.4, -0.2) is 113 Å². The number of rotatable bonds is 11. The molecule has 1 aliphatic carbocycles. The highest BCUT2D eigenvalue weighted by molar-refractivity contribution is 6.00. The fraction of sp³-hybridized carbons (Fsp3) is 0.533. The van der Waals surface area contributed by atoms with E-state index in [1.165, 1.54) is 10.8 Å². The van der Waals surface area contributed by atoms with Gasteiger partial charge >= 0.3 is 11.8 Å². The molecule has 2 aromatic heterocycles. The molecule has 16 nitrogen and oxygen atoms in total. The number of hydrogen-bond acceptors (Lipinski definition) is 12. The molecule has 2 aromatic carbocycles. The van der Waals surface area contributed by atoms with Gasteiger partial charge in [0.1, 0.15) is 11.7 Å². The van der Waals surface area contributed by atoms with Crippen LogP contribution in [0.25, 0.3) is 22.4 Å². The lowest BCUT2D eigenvalue weighted by Gasteiger charge is -2.38. The number of amides is 4. The maximum atomic E-state index is 15.0. The summed E-state index contributed by atoms with van der Waals surface area (Å²) in [6.45, 7) is 6.20. The van der Waals surface area contributed by atoms with Crippen molar-refractivity contribution in [3.63, 3.8) is 0 Å². The van der Waals surface area contributed by atoms with Crippen molar-refractivity contribution in [2.24, 2.45) is 5.92 Å². The first-order valence-electron chi connectivity index (χ1n) is 22.2. The van der Waals surface area contributed by atoms with Gasteiger partial charge in [-0.3, -0.25) is 34.1 Å². The van der Waals surface area contributed by atoms with Crippen LogP contribution in [0.2, 0.25) is 0 Å². The molecule has 5 fully saturated rings. The number of imide groups is 1. The van der Waals surface area contributed by atoms with Crippen LogP contribution < -0.4 is 26.6 Å². The van der Waals surface area contributed by atoms with Crippen molar-refractivity contribution < 1.29 is 32.7 Å². The zero-order valence-corrected chi connectivity index (χ0v) is 34.9. The minimum absolute atomic E-state index is 0.0680. The van der Waals surface area contributed by atoms with Crippen LogP contribution in [0.3, 0.4) is 0 Å². The lowest BCUT2D eigenvalue weighted by molar-refractivity contribution is -0.135. The number of nitrogens with zero attached hydrogens (tertiary/aromatic N) is 6. The van der Waals surface area contributed by atoms with Gasteiger partial charge in [0.05, 0.1) is 24.9 Å². The van der Waals surface area contributed by atoms with E-state index in [-0.39, 0.29) is 42.4 Å². The maximum absolute atomic E-state index is 15.0. The number of ether oxygens (including phenoxy) is 1. The van der Waals surface area contributed by atoms with Crippen LogP contribution in [0.15, 0.2) is 57.9 Å². The molecule has 1 atom stereocenters. The van der Waals surface area contributed by atoms with Gasteiger partial charge in [-0.05, 0) is 132 Å². The number of carbonyl (C=O) groups excluding carboxylic acids is 4. The smallest absolute Gasteiger partial charge is 0.420 e. The fourth-order valence-electron chi connectivity index (χ4n) is 9.96. The number of likely N-dealkylation sites (tertiary alicyclic amines) is 2. The summed E-state index contributed by atoms with van der Waals surface area (Å²) < 4.78 is 27.1. The van der Waals surface area contributed by atoms with Crippen molar-refractivity contribution in [1.29, 1.82) is 0 Å². The first-order valence-corrected chi connectivity index (χ1v) is 22.2. The molecule has 5 aliphatic rings. The molecule has 4 amide bonds. The number of nitrogens with one attached hydrogen (secondary N) is 3. The number of hydrogen-bond donors (Lipinski definition) is 3. The molecule has 4 aliphatic heterocycles. The van der Waals surface area contributed by atoms with E-state index in [1.54, 1.807) is 29.2 Å². The number of fused-ring (bicyclic) bond motifs is 1. The second-order valence-electron chi connectivity index (χ2n) is 17.5. The molecule has 62 heavy (non-hydrogen) atoms. The van der Waals surface area contributed by atoms with Crippen molar-refractivity contribution in [2.75, 3.05) is 62.6 Å². The first kappa shape index (κ1) is 41.7. The Labute approximate surface area is 358 Å². The Balaban J connectivity index is 0.681. The average molecular weight is 852 g/mol. The lowest BCUT2D eigenvalue weighted by atomic mass is 9.88. The minimum Gasteiger partial charge on any atom is -0.449 e. The SMILES string of the molecule is O=C1CCC(n2c(=O)oc3cc(C4CCN(CC5CCN(CC(=O)N[C@H]6CC[C@H](Nc7ncc(F)c(-c8cccc(N9CCCOC9=O)c8)n7)CC6)CC5)CC4)ccc32)C(=O)N1. The lowest BCUT2D eigenvalue weighted by Crippen LogP contribution is -2.47. The van der Waals surface area contributed by atoms with Crippen LogP contribution in [0.4, 0.5) is 20.8 Å². The summed E-state index contributed by atoms with van der Waals surface area (Å²) in [6.07, 6.45) is 9.40. The third-order valence-electron chi connectivity index (χ3n) is 13.4. The molecule has 17 heteroatoms. The number of halogens is 1. The van der Waals surface area contributed by atoms with Crippen LogP contribution in [-0.2, 0) is 19.1 Å². The van der Waals surface area contributed by atoms with Gasteiger partial charge in [-0.2, -0.15) is 0 Å². The van der Waals surface area contributed by atoms with Gasteiger partial charge in [-0.25, -0.2) is 23.9 Å². The van der Waals surface area contributed by atoms with E-state index in [4.69, 9.17) is 9.15 Å². The predicted octanol–water partition coefficient (Wildman–Crippen LogP) is 4.95. The van der Waals surface area contributed by atoms with Crippen LogP contribution in [0.5, 0.6) is 0 Å². The second-order valence-corrected chi connectivity index (χ2v) is 17.5. The molecule has 3 N–H and O–H groups in total. The molecule has 4 saturated heterocycles. The Bertz CT molecular complexity index is 2360. The number of carbonyl (C=O) groups is 4. The monoisotopic (exact) mass is 851 g/mol. The van der Waals surface area contributed by atoms with Crippen molar-refractivity contribution in [3.8, 4) is 11.3 Å². The highest BCUT2D eigenvalue weighted by Crippen LogP contribution is 2.33. The zero-order valence-electron chi connectivity index (χ0n) is 34.9. The van der Waals surface area contributed by atoms with Gasteiger partial charge in [0.25, 0.3) is 0 Å². The number of aromatic nitrogens is 3. The summed E-state index contributed by atoms with van der Waals surface area (Å²) >= 11 is 0. The molecule has 1 saturated carbocycles. The van der Waals surface area contributed by atoms with E-state index >= 15 is 0 Å². The molecular formula is C45H54FN9O7. The second kappa shape index (κ2) is 18.3. The summed E-state index contributed by atoms with van der Waals surface area (Å²) in [6, 6.07) is 12.4. The summed E-state index contributed by atoms with van der Waals surface area (Å²) in [5.41, 5.74) is 3.52. The molecule has 328 valence electrons. The number of benzene rings is 2. The van der Waals surface area contributed by atoms with Gasteiger partial charge in [-0.15, -0.1) is 0 Å². The van der Waals surface area contributed by atoms with Crippen molar-refractivity contribution in [1.82, 2.24) is 35.0 Å². The van der Waals surface area contributed by atoms with Crippen molar-refractivity contribution in [3.05, 3.63) is 70.6 Å². The van der Waals surface area contributed by atoms with Gasteiger partial charge in [0.2, 0.25) is 23.7 Å². The largest absolute Gasteiger partial charge is 0.449 e. The van der Waals surface area contributed by atoms with Crippen molar-refractivity contribution in [2.45, 2.75) is 94.7 Å². The highest BCUT2D eigenvalue weighted by Gasteiger charge is 2.33. The number of cyclic esters (lactones) is 1. The standard InChI is InChI=1S/C45H54FN9O7/c46-35-25-47-43(51-41(35)31-3-1-4-34(23-31)54-17-2-22-61-44(54)59)49-33-8-6-32(7-9-33)48-40(57)27-53-18-13-28(14-19-53)26-52-20-15-29(16-21-52)30-5-10-36-38(24-30)62-45(60)55(36)37-11-12-39(56)50-42(37)58/h1,3-5,10,23-25,28-29,32-33,37H,2,6-9,11-22,26-27H2,(H,48,57)(H,47,49,51)(H,50,56,58)/t32-,33-,37?. The van der Waals surface area contributed by atoms with Gasteiger partial charge in [0, 0.05) is 42.8 Å². The molecule has 0 spiro atoms. The Kier molecular flexibility index (Phi) is 12.3. The van der Waals surface area contributed by atoms with E-state index in [9.17, 15) is 28.4 Å². The Morgan fingerprint density at radius 1 is 0.871 bits per heavy atom. The van der Waals surface area contributed by atoms with Crippen LogP contribution in [0, 0.1) is 11.7 Å². The molecule has 0 bridgehead atoms. The van der Waals surface area contributed by atoms with Gasteiger partial charge in [0.15, 0.2) is 11.4 Å². The Morgan fingerprint density at radius 3 is 2.42 bits per heavy atom. The number of anilines is 2. The third kappa shape index (κ3) is 9.38. The maximum Gasteiger partial charge on any atom is 0.420 e. The third-order valence-corrected chi connectivity index (χ3v) is 13.4. The molecule has 1 unspecified atom stereocenters. The molecule has 9 rings (SSSR count). The molecule has 0 radical (unpaired) electrons. The number of piperidine rings is 3. The summed E-state index contributed by atoms with van der Waals surface area (Å²) in [5, 5.41) is 8.97. The predicted molar refractivity (Wildman–Crippen MR) is 228 cm³/mol. The topological polar surface area (TPSA) is 184 Å². The van der Waals surface area contributed by atoms with E-state index in [1.807, 2.05) is 18.2 Å². The van der Waals surface area contributed by atoms with Gasteiger partial charge < -0.3 is 24.7 Å². The zero-order chi connectivity index (χ0) is 42.7. The molecule has 6 heterocycles. The molecule has 4 aromatic rings.